The number of thiophene rings is 1. The monoisotopic (exact) mass is 434 g/mol. The molecule has 31 heavy (non-hydrogen) atoms. The molecule has 4 aromatic heterocycles. The molecule has 6 nitrogen and oxygen atoms in total. The Morgan fingerprint density at radius 2 is 2.00 bits per heavy atom. The van der Waals surface area contributed by atoms with Crippen LogP contribution in [0.5, 0.6) is 0 Å². The van der Waals surface area contributed by atoms with Crippen molar-refractivity contribution >= 4 is 27.9 Å². The Morgan fingerprint density at radius 1 is 1.16 bits per heavy atom. The van der Waals surface area contributed by atoms with Crippen LogP contribution in [-0.4, -0.2) is 26.3 Å². The average molecular weight is 434 g/mol. The number of hydrogen-bond donors (Lipinski definition) is 0. The van der Waals surface area contributed by atoms with Gasteiger partial charge in [-0.2, -0.15) is 5.10 Å². The lowest BCUT2D eigenvalue weighted by atomic mass is 10.1. The molecular weight excluding hydrogens is 415 g/mol. The number of benzene rings is 1. The van der Waals surface area contributed by atoms with E-state index in [2.05, 4.69) is 16.1 Å². The molecule has 0 radical (unpaired) electrons. The molecule has 8 heteroatoms. The molecule has 0 fully saturated rings. The molecule has 0 unspecified atom stereocenters. The summed E-state index contributed by atoms with van der Waals surface area (Å²) in [4.78, 5) is 18.9. The lowest BCUT2D eigenvalue weighted by Gasteiger charge is -2.07. The van der Waals surface area contributed by atoms with Crippen LogP contribution < -0.4 is 5.56 Å². The Labute approximate surface area is 181 Å². The van der Waals surface area contributed by atoms with E-state index in [-0.39, 0.29) is 18.0 Å². The van der Waals surface area contributed by atoms with Crippen LogP contribution in [0.1, 0.15) is 10.6 Å². The third-order valence-electron chi connectivity index (χ3n) is 5.25. The number of hydrogen-bond acceptors (Lipinski definition) is 5. The van der Waals surface area contributed by atoms with Gasteiger partial charge in [0.15, 0.2) is 5.65 Å². The van der Waals surface area contributed by atoms with Gasteiger partial charge in [-0.15, -0.1) is 11.3 Å². The first kappa shape index (κ1) is 19.6. The maximum Gasteiger partial charge on any atom is 0.261 e. The molecule has 0 N–H and O–H groups in total. The Kier molecular flexibility index (Phi) is 5.09. The molecule has 0 amide bonds. The number of rotatable bonds is 6. The van der Waals surface area contributed by atoms with Crippen molar-refractivity contribution < 1.29 is 9.13 Å². The largest absolute Gasteiger partial charge is 0.378 e. The van der Waals surface area contributed by atoms with Gasteiger partial charge in [-0.25, -0.2) is 13.9 Å². The second-order valence-corrected chi connectivity index (χ2v) is 8.23. The van der Waals surface area contributed by atoms with Crippen LogP contribution in [0.3, 0.4) is 0 Å². The molecule has 0 spiro atoms. The van der Waals surface area contributed by atoms with E-state index in [1.807, 2.05) is 17.5 Å². The first-order chi connectivity index (χ1) is 15.2. The van der Waals surface area contributed by atoms with Crippen LogP contribution in [0.15, 0.2) is 65.0 Å². The minimum absolute atomic E-state index is 0.101. The summed E-state index contributed by atoms with van der Waals surface area (Å²) in [6.45, 7) is 0.873. The highest BCUT2D eigenvalue weighted by molar-refractivity contribution is 7.09. The van der Waals surface area contributed by atoms with E-state index in [0.717, 1.165) is 17.5 Å². The van der Waals surface area contributed by atoms with Crippen molar-refractivity contribution in [3.8, 4) is 11.1 Å². The summed E-state index contributed by atoms with van der Waals surface area (Å²) in [7, 11) is 1.59. The summed E-state index contributed by atoms with van der Waals surface area (Å²) < 4.78 is 22.1. The highest BCUT2D eigenvalue weighted by Gasteiger charge is 2.18. The number of halogens is 1. The maximum absolute atomic E-state index is 13.4. The molecule has 156 valence electrons. The van der Waals surface area contributed by atoms with E-state index in [0.29, 0.717) is 28.8 Å². The van der Waals surface area contributed by atoms with Gasteiger partial charge in [-0.3, -0.25) is 4.79 Å². The van der Waals surface area contributed by atoms with Crippen molar-refractivity contribution in [1.29, 1.82) is 0 Å². The number of nitrogens with zero attached hydrogens (tertiary/aromatic N) is 4. The molecule has 4 heterocycles. The van der Waals surface area contributed by atoms with Crippen molar-refractivity contribution in [2.45, 2.75) is 19.6 Å². The topological polar surface area (TPSA) is 61.4 Å². The van der Waals surface area contributed by atoms with E-state index in [4.69, 9.17) is 4.74 Å². The maximum atomic E-state index is 13.4. The van der Waals surface area contributed by atoms with Gasteiger partial charge in [-0.05, 0) is 41.6 Å². The summed E-state index contributed by atoms with van der Waals surface area (Å²) >= 11 is 1.68. The second kappa shape index (κ2) is 8.05. The van der Waals surface area contributed by atoms with Gasteiger partial charge < -0.3 is 9.30 Å². The molecule has 0 aliphatic rings. The van der Waals surface area contributed by atoms with Gasteiger partial charge in [0.05, 0.1) is 28.8 Å². The zero-order chi connectivity index (χ0) is 21.4. The first-order valence-corrected chi connectivity index (χ1v) is 10.7. The minimum atomic E-state index is -0.310. The van der Waals surface area contributed by atoms with Crippen molar-refractivity contribution in [3.63, 3.8) is 0 Å². The minimum Gasteiger partial charge on any atom is -0.378 e. The zero-order valence-corrected chi connectivity index (χ0v) is 17.6. The van der Waals surface area contributed by atoms with E-state index in [1.54, 1.807) is 52.1 Å². The van der Waals surface area contributed by atoms with Crippen LogP contribution in [0, 0.1) is 5.82 Å². The average Bonchev–Trinajstić information content (AvgIpc) is 3.42. The Balaban J connectivity index is 1.64. The summed E-state index contributed by atoms with van der Waals surface area (Å²) in [6, 6.07) is 12.2. The summed E-state index contributed by atoms with van der Waals surface area (Å²) in [5, 5.41) is 7.21. The molecule has 0 saturated carbocycles. The van der Waals surface area contributed by atoms with E-state index >= 15 is 0 Å². The van der Waals surface area contributed by atoms with Crippen molar-refractivity contribution in [2.24, 2.45) is 0 Å². The predicted molar refractivity (Wildman–Crippen MR) is 119 cm³/mol. The molecule has 5 aromatic rings. The molecule has 0 bridgehead atoms. The molecule has 0 aliphatic carbocycles. The lowest BCUT2D eigenvalue weighted by Crippen LogP contribution is -2.21. The van der Waals surface area contributed by atoms with Gasteiger partial charge in [0, 0.05) is 30.9 Å². The fraction of sp³-hybridized carbons (Fsp3) is 0.174. The summed E-state index contributed by atoms with van der Waals surface area (Å²) in [5.41, 5.74) is 3.41. The van der Waals surface area contributed by atoms with E-state index < -0.39 is 0 Å². The molecule has 0 atom stereocenters. The van der Waals surface area contributed by atoms with Crippen LogP contribution in [0.2, 0.25) is 0 Å². The standard InChI is InChI=1S/C23H19FN4O2S/c1-30-14-19-21(15-4-6-16(24)7-5-15)22-25-13-18-20(28(22)26-19)9-11-27(23(18)29)10-8-17-3-2-12-31-17/h2-7,9,11-13H,8,10,14H2,1H3. The molecule has 1 aromatic carbocycles. The number of aromatic nitrogens is 4. The fourth-order valence-electron chi connectivity index (χ4n) is 3.77. The highest BCUT2D eigenvalue weighted by Crippen LogP contribution is 2.29. The number of ether oxygens (including phenoxy) is 1. The smallest absolute Gasteiger partial charge is 0.261 e. The number of aryl methyl sites for hydroxylation is 2. The van der Waals surface area contributed by atoms with Gasteiger partial charge in [0.25, 0.3) is 5.56 Å². The summed E-state index contributed by atoms with van der Waals surface area (Å²) in [6.07, 6.45) is 4.19. The van der Waals surface area contributed by atoms with Gasteiger partial charge in [0.1, 0.15) is 5.82 Å². The zero-order valence-electron chi connectivity index (χ0n) is 16.8. The third kappa shape index (κ3) is 3.54. The molecule has 5 rings (SSSR count). The third-order valence-corrected chi connectivity index (χ3v) is 6.19. The van der Waals surface area contributed by atoms with Gasteiger partial charge in [-0.1, -0.05) is 18.2 Å². The quantitative estimate of drug-likeness (QED) is 0.400. The molecule has 0 aliphatic heterocycles. The Morgan fingerprint density at radius 3 is 2.74 bits per heavy atom. The molecular formula is C23H19FN4O2S. The van der Waals surface area contributed by atoms with E-state index in [9.17, 15) is 9.18 Å². The predicted octanol–water partition coefficient (Wildman–Crippen LogP) is 4.30. The van der Waals surface area contributed by atoms with Crippen molar-refractivity contribution in [3.05, 3.63) is 87.0 Å². The lowest BCUT2D eigenvalue weighted by molar-refractivity contribution is 0.181. The van der Waals surface area contributed by atoms with Crippen LogP contribution >= 0.6 is 11.3 Å². The van der Waals surface area contributed by atoms with Crippen LogP contribution in [-0.2, 0) is 24.3 Å². The first-order valence-electron chi connectivity index (χ1n) is 9.83. The number of methoxy groups -OCH3 is 1. The second-order valence-electron chi connectivity index (χ2n) is 7.20. The van der Waals surface area contributed by atoms with Gasteiger partial charge in [0.2, 0.25) is 0 Å². The highest BCUT2D eigenvalue weighted by atomic mass is 32.1. The molecule has 0 saturated heterocycles. The van der Waals surface area contributed by atoms with Crippen LogP contribution in [0.25, 0.3) is 27.7 Å². The van der Waals surface area contributed by atoms with Crippen molar-refractivity contribution in [1.82, 2.24) is 19.2 Å². The van der Waals surface area contributed by atoms with Gasteiger partial charge >= 0.3 is 0 Å². The number of fused-ring (bicyclic) bond motifs is 3. The normalized spacial score (nSPS) is 11.5. The van der Waals surface area contributed by atoms with Crippen molar-refractivity contribution in [2.75, 3.05) is 7.11 Å². The SMILES string of the molecule is COCc1nn2c(ncc3c(=O)n(CCc4cccs4)ccc32)c1-c1ccc(F)cc1. The fourth-order valence-corrected chi connectivity index (χ4v) is 4.46. The number of pyridine rings is 1. The van der Waals surface area contributed by atoms with Crippen LogP contribution in [0.4, 0.5) is 4.39 Å². The Bertz CT molecular complexity index is 1420. The summed E-state index contributed by atoms with van der Waals surface area (Å²) in [5.74, 6) is -0.310. The Hall–Kier alpha value is -3.36. The van der Waals surface area contributed by atoms with E-state index in [1.165, 1.54) is 17.0 Å².